The summed E-state index contributed by atoms with van der Waals surface area (Å²) >= 11 is 11.8. The Morgan fingerprint density at radius 3 is 2.60 bits per heavy atom. The van der Waals surface area contributed by atoms with E-state index in [4.69, 9.17) is 23.2 Å². The Hall–Kier alpha value is -1.78. The van der Waals surface area contributed by atoms with Gasteiger partial charge in [0.1, 0.15) is 11.0 Å². The molecule has 0 aliphatic carbocycles. The minimum absolute atomic E-state index is 0.264. The third kappa shape index (κ3) is 3.62. The molecule has 0 radical (unpaired) electrons. The van der Waals surface area contributed by atoms with Crippen molar-refractivity contribution in [2.24, 2.45) is 0 Å². The first-order valence-corrected chi connectivity index (χ1v) is 6.63. The molecule has 0 unspecified atom stereocenters. The minimum atomic E-state index is -0.264. The summed E-state index contributed by atoms with van der Waals surface area (Å²) in [6.45, 7) is 0. The van der Waals surface area contributed by atoms with Crippen molar-refractivity contribution in [3.05, 3.63) is 52.1 Å². The first-order chi connectivity index (χ1) is 9.45. The normalized spacial score (nSPS) is 10.2. The lowest BCUT2D eigenvalue weighted by Gasteiger charge is -2.13. The Bertz CT molecular complexity index is 644. The van der Waals surface area contributed by atoms with Gasteiger partial charge in [0.2, 0.25) is 0 Å². The molecule has 2 rings (SSSR count). The molecule has 0 saturated carbocycles. The number of carbonyl (C=O) groups excluding carboxylic acids is 1. The molecule has 104 valence electrons. The summed E-state index contributed by atoms with van der Waals surface area (Å²) < 4.78 is 0. The van der Waals surface area contributed by atoms with Gasteiger partial charge in [-0.05, 0) is 30.3 Å². The topological polar surface area (TPSA) is 45.2 Å². The maximum atomic E-state index is 12.2. The van der Waals surface area contributed by atoms with E-state index in [9.17, 15) is 4.79 Å². The third-order valence-corrected chi connectivity index (χ3v) is 3.01. The summed E-state index contributed by atoms with van der Waals surface area (Å²) in [6.07, 6.45) is 0. The lowest BCUT2D eigenvalue weighted by Crippen LogP contribution is -2.15. The maximum Gasteiger partial charge on any atom is 0.255 e. The average molecular weight is 310 g/mol. The van der Waals surface area contributed by atoms with Gasteiger partial charge < -0.3 is 10.2 Å². The highest BCUT2D eigenvalue weighted by Crippen LogP contribution is 2.19. The van der Waals surface area contributed by atoms with E-state index in [0.717, 1.165) is 0 Å². The summed E-state index contributed by atoms with van der Waals surface area (Å²) in [5.74, 6) is 0.355. The van der Waals surface area contributed by atoms with Gasteiger partial charge in [-0.25, -0.2) is 4.98 Å². The maximum absolute atomic E-state index is 12.2. The molecule has 1 aromatic heterocycles. The van der Waals surface area contributed by atoms with Crippen molar-refractivity contribution < 1.29 is 4.79 Å². The second-order valence-electron chi connectivity index (χ2n) is 4.40. The van der Waals surface area contributed by atoms with Gasteiger partial charge in [-0.15, -0.1) is 0 Å². The molecule has 0 aliphatic heterocycles. The van der Waals surface area contributed by atoms with E-state index in [1.165, 1.54) is 6.07 Å². The van der Waals surface area contributed by atoms with Crippen molar-refractivity contribution in [2.75, 3.05) is 24.3 Å². The number of benzene rings is 1. The van der Waals surface area contributed by atoms with E-state index in [1.54, 1.807) is 35.2 Å². The molecule has 0 atom stereocenters. The molecule has 1 heterocycles. The zero-order valence-electron chi connectivity index (χ0n) is 11.0. The highest BCUT2D eigenvalue weighted by Gasteiger charge is 2.11. The fourth-order valence-corrected chi connectivity index (χ4v) is 2.01. The smallest absolute Gasteiger partial charge is 0.255 e. The van der Waals surface area contributed by atoms with Gasteiger partial charge in [0.15, 0.2) is 0 Å². The number of nitrogens with zero attached hydrogens (tertiary/aromatic N) is 2. The van der Waals surface area contributed by atoms with Gasteiger partial charge in [0.25, 0.3) is 5.91 Å². The van der Waals surface area contributed by atoms with E-state index in [2.05, 4.69) is 10.3 Å². The van der Waals surface area contributed by atoms with E-state index >= 15 is 0 Å². The lowest BCUT2D eigenvalue weighted by atomic mass is 10.2. The number of amides is 1. The van der Waals surface area contributed by atoms with E-state index in [-0.39, 0.29) is 11.1 Å². The first kappa shape index (κ1) is 14.6. The summed E-state index contributed by atoms with van der Waals surface area (Å²) in [5, 5.41) is 3.59. The van der Waals surface area contributed by atoms with Crippen LogP contribution in [0.25, 0.3) is 0 Å². The number of pyridine rings is 1. The highest BCUT2D eigenvalue weighted by molar-refractivity contribution is 6.31. The number of halogens is 2. The van der Waals surface area contributed by atoms with Crippen LogP contribution in [0.3, 0.4) is 0 Å². The molecule has 1 N–H and O–H groups in total. The monoisotopic (exact) mass is 309 g/mol. The van der Waals surface area contributed by atoms with E-state index in [0.29, 0.717) is 22.1 Å². The van der Waals surface area contributed by atoms with Gasteiger partial charge in [-0.1, -0.05) is 29.3 Å². The Morgan fingerprint density at radius 2 is 1.95 bits per heavy atom. The molecular formula is C14H13Cl2N3O. The minimum Gasteiger partial charge on any atom is -0.363 e. The van der Waals surface area contributed by atoms with Crippen LogP contribution >= 0.6 is 23.2 Å². The van der Waals surface area contributed by atoms with Crippen molar-refractivity contribution >= 4 is 40.6 Å². The molecule has 0 fully saturated rings. The lowest BCUT2D eigenvalue weighted by molar-refractivity contribution is 0.102. The first-order valence-electron chi connectivity index (χ1n) is 5.87. The summed E-state index contributed by atoms with van der Waals surface area (Å²) in [5.41, 5.74) is 1.07. The zero-order chi connectivity index (χ0) is 14.7. The summed E-state index contributed by atoms with van der Waals surface area (Å²) in [4.78, 5) is 18.1. The van der Waals surface area contributed by atoms with E-state index in [1.807, 2.05) is 14.1 Å². The molecule has 1 aromatic carbocycles. The van der Waals surface area contributed by atoms with Crippen LogP contribution in [0.2, 0.25) is 10.2 Å². The van der Waals surface area contributed by atoms with Crippen LogP contribution in [0.5, 0.6) is 0 Å². The number of nitrogens with one attached hydrogen (secondary N) is 1. The molecule has 1 amide bonds. The fraction of sp³-hybridized carbons (Fsp3) is 0.143. The summed E-state index contributed by atoms with van der Waals surface area (Å²) in [6, 6.07) is 10.1. The Balaban J connectivity index is 2.25. The summed E-state index contributed by atoms with van der Waals surface area (Å²) in [7, 11) is 3.66. The molecule has 6 heteroatoms. The zero-order valence-corrected chi connectivity index (χ0v) is 12.5. The average Bonchev–Trinajstić information content (AvgIpc) is 2.37. The highest BCUT2D eigenvalue weighted by atomic mass is 35.5. The SMILES string of the molecule is CN(C)c1cc(C(=O)Nc2cccc(Cl)c2)cc(Cl)n1. The molecule has 4 nitrogen and oxygen atoms in total. The van der Waals surface area contributed by atoms with Crippen molar-refractivity contribution in [1.82, 2.24) is 4.98 Å². The molecular weight excluding hydrogens is 297 g/mol. The van der Waals surface area contributed by atoms with Gasteiger partial charge in [-0.2, -0.15) is 0 Å². The molecule has 0 aliphatic rings. The van der Waals surface area contributed by atoms with Gasteiger partial charge >= 0.3 is 0 Å². The number of rotatable bonds is 3. The quantitative estimate of drug-likeness (QED) is 0.879. The van der Waals surface area contributed by atoms with Crippen molar-refractivity contribution in [2.45, 2.75) is 0 Å². The molecule has 2 aromatic rings. The van der Waals surface area contributed by atoms with Gasteiger partial charge in [-0.3, -0.25) is 4.79 Å². The van der Waals surface area contributed by atoms with Crippen LogP contribution in [0.4, 0.5) is 11.5 Å². The third-order valence-electron chi connectivity index (χ3n) is 2.58. The largest absolute Gasteiger partial charge is 0.363 e. The van der Waals surface area contributed by atoms with Crippen LogP contribution < -0.4 is 10.2 Å². The Morgan fingerprint density at radius 1 is 1.20 bits per heavy atom. The van der Waals surface area contributed by atoms with Crippen molar-refractivity contribution in [3.63, 3.8) is 0 Å². The number of hydrogen-bond acceptors (Lipinski definition) is 3. The van der Waals surface area contributed by atoms with Crippen LogP contribution in [-0.4, -0.2) is 25.0 Å². The molecule has 0 saturated heterocycles. The van der Waals surface area contributed by atoms with Crippen LogP contribution in [0.15, 0.2) is 36.4 Å². The Kier molecular flexibility index (Phi) is 4.47. The number of anilines is 2. The molecule has 20 heavy (non-hydrogen) atoms. The van der Waals surface area contributed by atoms with Crippen LogP contribution in [-0.2, 0) is 0 Å². The predicted octanol–water partition coefficient (Wildman–Crippen LogP) is 3.71. The van der Waals surface area contributed by atoms with Crippen LogP contribution in [0.1, 0.15) is 10.4 Å². The molecule has 0 bridgehead atoms. The van der Waals surface area contributed by atoms with Crippen LogP contribution in [0, 0.1) is 0 Å². The second kappa shape index (κ2) is 6.11. The van der Waals surface area contributed by atoms with Gasteiger partial charge in [0, 0.05) is 30.4 Å². The standard InChI is InChI=1S/C14H13Cl2N3O/c1-19(2)13-7-9(6-12(16)18-13)14(20)17-11-5-3-4-10(15)8-11/h3-8H,1-2H3,(H,17,20). The number of carbonyl (C=O) groups is 1. The predicted molar refractivity (Wildman–Crippen MR) is 83.0 cm³/mol. The van der Waals surface area contributed by atoms with Gasteiger partial charge in [0.05, 0.1) is 0 Å². The second-order valence-corrected chi connectivity index (χ2v) is 5.22. The van der Waals surface area contributed by atoms with E-state index < -0.39 is 0 Å². The number of aromatic nitrogens is 1. The number of hydrogen-bond donors (Lipinski definition) is 1. The van der Waals surface area contributed by atoms with Crippen molar-refractivity contribution in [3.8, 4) is 0 Å². The van der Waals surface area contributed by atoms with Crippen molar-refractivity contribution in [1.29, 1.82) is 0 Å². The molecule has 0 spiro atoms. The Labute approximate surface area is 127 Å². The fourth-order valence-electron chi connectivity index (χ4n) is 1.61.